The van der Waals surface area contributed by atoms with Crippen LogP contribution in [0.1, 0.15) is 23.6 Å². The van der Waals surface area contributed by atoms with Crippen molar-refractivity contribution in [3.63, 3.8) is 0 Å². The van der Waals surface area contributed by atoms with Crippen molar-refractivity contribution in [3.8, 4) is 46.1 Å². The van der Waals surface area contributed by atoms with Gasteiger partial charge in [-0.15, -0.1) is 6.42 Å². The quantitative estimate of drug-likeness (QED) is 0.326. The standard InChI is InChI=1S/C31H22O2/c1-3-18-32-24-15-12-22(13-16-24)23-14-17-30-27(19-23)21(2)20-31(33-30)28-10-6-4-8-25(28)26-9-5-7-11-29(26)31/h1,4-17,19-20H,18H2,2H3. The second-order valence-corrected chi connectivity index (χ2v) is 8.48. The molecule has 0 bridgehead atoms. The van der Waals surface area contributed by atoms with Crippen LogP contribution < -0.4 is 9.47 Å². The molecule has 0 atom stereocenters. The minimum absolute atomic E-state index is 0.271. The SMILES string of the molecule is C#CCOc1ccc(-c2ccc3c(c2)C(C)=CC2(O3)c3ccccc3-c3ccccc32)cc1. The smallest absolute Gasteiger partial charge is 0.179 e. The molecule has 4 aromatic carbocycles. The summed E-state index contributed by atoms with van der Waals surface area (Å²) >= 11 is 0. The van der Waals surface area contributed by atoms with E-state index in [1.807, 2.05) is 12.1 Å². The van der Waals surface area contributed by atoms with Crippen molar-refractivity contribution in [3.05, 3.63) is 114 Å². The fraction of sp³-hybridized carbons (Fsp3) is 0.0968. The van der Waals surface area contributed by atoms with Crippen molar-refractivity contribution in [1.29, 1.82) is 0 Å². The van der Waals surface area contributed by atoms with Gasteiger partial charge < -0.3 is 9.47 Å². The maximum atomic E-state index is 6.84. The highest BCUT2D eigenvalue weighted by Gasteiger charge is 2.45. The Bertz CT molecular complexity index is 1410. The number of fused-ring (bicyclic) bond motifs is 6. The van der Waals surface area contributed by atoms with E-state index >= 15 is 0 Å². The summed E-state index contributed by atoms with van der Waals surface area (Å²) in [6.45, 7) is 2.45. The molecule has 1 spiro atoms. The maximum Gasteiger partial charge on any atom is 0.179 e. The Hall–Kier alpha value is -4.22. The van der Waals surface area contributed by atoms with E-state index in [-0.39, 0.29) is 6.61 Å². The molecule has 0 unspecified atom stereocenters. The number of terminal acetylenes is 1. The van der Waals surface area contributed by atoms with Gasteiger partial charge in [-0.3, -0.25) is 0 Å². The lowest BCUT2D eigenvalue weighted by molar-refractivity contribution is 0.165. The van der Waals surface area contributed by atoms with Gasteiger partial charge in [-0.05, 0) is 65.1 Å². The van der Waals surface area contributed by atoms with Crippen molar-refractivity contribution < 1.29 is 9.47 Å². The highest BCUT2D eigenvalue weighted by Crippen LogP contribution is 2.54. The molecule has 0 fully saturated rings. The van der Waals surface area contributed by atoms with Crippen LogP contribution in [0.2, 0.25) is 0 Å². The Morgan fingerprint density at radius 1 is 0.788 bits per heavy atom. The lowest BCUT2D eigenvalue weighted by atomic mass is 9.84. The van der Waals surface area contributed by atoms with Crippen LogP contribution in [0.3, 0.4) is 0 Å². The first-order chi connectivity index (χ1) is 16.2. The largest absolute Gasteiger partial charge is 0.481 e. The van der Waals surface area contributed by atoms with Crippen LogP contribution in [0.15, 0.2) is 97.1 Å². The average Bonchev–Trinajstić information content (AvgIpc) is 3.12. The van der Waals surface area contributed by atoms with Gasteiger partial charge in [-0.2, -0.15) is 0 Å². The number of ether oxygens (including phenoxy) is 2. The molecule has 1 aliphatic carbocycles. The molecule has 158 valence electrons. The number of allylic oxidation sites excluding steroid dienone is 1. The third kappa shape index (κ3) is 2.97. The Labute approximate surface area is 194 Å². The number of rotatable bonds is 3. The van der Waals surface area contributed by atoms with Crippen molar-refractivity contribution in [2.75, 3.05) is 6.61 Å². The molecule has 0 saturated heterocycles. The normalized spacial score (nSPS) is 14.4. The van der Waals surface area contributed by atoms with Gasteiger partial charge >= 0.3 is 0 Å². The number of hydrogen-bond donors (Lipinski definition) is 0. The number of benzene rings is 4. The summed E-state index contributed by atoms with van der Waals surface area (Å²) < 4.78 is 12.3. The molecule has 2 heteroatoms. The van der Waals surface area contributed by atoms with Gasteiger partial charge in [0.05, 0.1) is 0 Å². The van der Waals surface area contributed by atoms with Crippen LogP contribution in [-0.2, 0) is 5.60 Å². The monoisotopic (exact) mass is 426 g/mol. The summed E-state index contributed by atoms with van der Waals surface area (Å²) in [7, 11) is 0. The van der Waals surface area contributed by atoms with E-state index in [0.717, 1.165) is 28.2 Å². The lowest BCUT2D eigenvalue weighted by Gasteiger charge is -2.35. The van der Waals surface area contributed by atoms with Crippen LogP contribution in [0.4, 0.5) is 0 Å². The van der Waals surface area contributed by atoms with Crippen LogP contribution in [-0.4, -0.2) is 6.61 Å². The van der Waals surface area contributed by atoms with Gasteiger partial charge in [0.2, 0.25) is 0 Å². The second kappa shape index (κ2) is 7.43. The van der Waals surface area contributed by atoms with E-state index in [1.165, 1.54) is 27.8 Å². The summed E-state index contributed by atoms with van der Waals surface area (Å²) in [5, 5.41) is 0. The second-order valence-electron chi connectivity index (χ2n) is 8.48. The molecular formula is C31H22O2. The molecule has 0 amide bonds. The van der Waals surface area contributed by atoms with E-state index in [1.54, 1.807) is 0 Å². The first-order valence-corrected chi connectivity index (χ1v) is 11.1. The van der Waals surface area contributed by atoms with Crippen LogP contribution >= 0.6 is 0 Å². The van der Waals surface area contributed by atoms with Gasteiger partial charge in [0.25, 0.3) is 0 Å². The molecule has 0 aromatic heterocycles. The lowest BCUT2D eigenvalue weighted by Crippen LogP contribution is -2.32. The Balaban J connectivity index is 1.42. The van der Waals surface area contributed by atoms with Crippen molar-refractivity contribution in [2.45, 2.75) is 12.5 Å². The molecular weight excluding hydrogens is 404 g/mol. The molecule has 2 nitrogen and oxygen atoms in total. The summed E-state index contributed by atoms with van der Waals surface area (Å²) in [5.74, 6) is 4.17. The topological polar surface area (TPSA) is 18.5 Å². The molecule has 6 rings (SSSR count). The van der Waals surface area contributed by atoms with Crippen LogP contribution in [0, 0.1) is 12.3 Å². The first kappa shape index (κ1) is 19.5. The van der Waals surface area contributed by atoms with E-state index in [9.17, 15) is 0 Å². The van der Waals surface area contributed by atoms with Crippen molar-refractivity contribution in [2.24, 2.45) is 0 Å². The van der Waals surface area contributed by atoms with Gasteiger partial charge in [-0.25, -0.2) is 0 Å². The fourth-order valence-corrected chi connectivity index (χ4v) is 5.06. The molecule has 33 heavy (non-hydrogen) atoms. The first-order valence-electron chi connectivity index (χ1n) is 11.1. The summed E-state index contributed by atoms with van der Waals surface area (Å²) in [6.07, 6.45) is 7.56. The van der Waals surface area contributed by atoms with E-state index in [0.29, 0.717) is 0 Å². The van der Waals surface area contributed by atoms with Crippen molar-refractivity contribution >= 4 is 5.57 Å². The minimum Gasteiger partial charge on any atom is -0.481 e. The maximum absolute atomic E-state index is 6.84. The molecule has 0 radical (unpaired) electrons. The van der Waals surface area contributed by atoms with Gasteiger partial charge in [0.1, 0.15) is 18.1 Å². The molecule has 4 aromatic rings. The van der Waals surface area contributed by atoms with E-state index in [4.69, 9.17) is 15.9 Å². The van der Waals surface area contributed by atoms with E-state index in [2.05, 4.69) is 97.8 Å². The van der Waals surface area contributed by atoms with Crippen LogP contribution in [0.25, 0.3) is 27.8 Å². The zero-order chi connectivity index (χ0) is 22.4. The minimum atomic E-state index is -0.595. The Morgan fingerprint density at radius 3 is 2.09 bits per heavy atom. The third-order valence-corrected chi connectivity index (χ3v) is 6.55. The van der Waals surface area contributed by atoms with Gasteiger partial charge in [-0.1, -0.05) is 72.7 Å². The van der Waals surface area contributed by atoms with Crippen molar-refractivity contribution in [1.82, 2.24) is 0 Å². The van der Waals surface area contributed by atoms with Crippen LogP contribution in [0.5, 0.6) is 11.5 Å². The van der Waals surface area contributed by atoms with E-state index < -0.39 is 5.60 Å². The molecule has 0 N–H and O–H groups in total. The number of hydrogen-bond acceptors (Lipinski definition) is 2. The highest BCUT2D eigenvalue weighted by molar-refractivity contribution is 5.86. The predicted molar refractivity (Wildman–Crippen MR) is 133 cm³/mol. The fourth-order valence-electron chi connectivity index (χ4n) is 5.06. The molecule has 0 saturated carbocycles. The molecule has 2 aliphatic rings. The van der Waals surface area contributed by atoms with Gasteiger partial charge in [0.15, 0.2) is 5.60 Å². The summed E-state index contributed by atoms with van der Waals surface area (Å²) in [6, 6.07) is 31.5. The third-order valence-electron chi connectivity index (χ3n) is 6.55. The highest BCUT2D eigenvalue weighted by atomic mass is 16.5. The Kier molecular flexibility index (Phi) is 4.38. The Morgan fingerprint density at radius 2 is 1.42 bits per heavy atom. The average molecular weight is 427 g/mol. The zero-order valence-corrected chi connectivity index (χ0v) is 18.3. The van der Waals surface area contributed by atoms with Gasteiger partial charge in [0, 0.05) is 16.7 Å². The summed E-state index contributed by atoms with van der Waals surface area (Å²) in [4.78, 5) is 0. The zero-order valence-electron chi connectivity index (χ0n) is 18.3. The molecule has 1 aliphatic heterocycles. The molecule has 1 heterocycles. The summed E-state index contributed by atoms with van der Waals surface area (Å²) in [5.41, 5.74) is 8.86. The predicted octanol–water partition coefficient (Wildman–Crippen LogP) is 7.09.